The molecule has 90 valence electrons. The number of hydrogen-bond acceptors (Lipinski definition) is 6. The van der Waals surface area contributed by atoms with E-state index in [0.717, 1.165) is 6.42 Å². The van der Waals surface area contributed by atoms with Gasteiger partial charge < -0.3 is 10.1 Å². The molecule has 1 aromatic heterocycles. The molecule has 0 spiro atoms. The highest BCUT2D eigenvalue weighted by atomic mass is 16.6. The molecule has 1 rings (SSSR count). The van der Waals surface area contributed by atoms with Crippen molar-refractivity contribution >= 4 is 11.5 Å². The lowest BCUT2D eigenvalue weighted by Crippen LogP contribution is -2.08. The van der Waals surface area contributed by atoms with Crippen molar-refractivity contribution in [2.75, 3.05) is 25.6 Å². The molecular formula is C10H12N4O3. The largest absolute Gasteiger partial charge is 0.385 e. The van der Waals surface area contributed by atoms with Crippen LogP contribution in [0, 0.1) is 21.4 Å². The molecule has 0 saturated heterocycles. The van der Waals surface area contributed by atoms with Crippen LogP contribution in [0.15, 0.2) is 12.3 Å². The number of hydrogen-bond donors (Lipinski definition) is 1. The molecule has 0 aliphatic rings. The average Bonchev–Trinajstić information content (AvgIpc) is 2.34. The molecule has 0 fully saturated rings. The second kappa shape index (κ2) is 6.40. The summed E-state index contributed by atoms with van der Waals surface area (Å²) >= 11 is 0. The molecule has 0 atom stereocenters. The number of rotatable bonds is 6. The van der Waals surface area contributed by atoms with Gasteiger partial charge in [0.05, 0.1) is 10.5 Å². The van der Waals surface area contributed by atoms with Crippen LogP contribution in [-0.2, 0) is 4.74 Å². The number of nitrogens with one attached hydrogen (secondary N) is 1. The van der Waals surface area contributed by atoms with Gasteiger partial charge in [-0.3, -0.25) is 10.1 Å². The van der Waals surface area contributed by atoms with E-state index in [1.54, 1.807) is 7.11 Å². The zero-order chi connectivity index (χ0) is 12.7. The van der Waals surface area contributed by atoms with E-state index < -0.39 is 4.92 Å². The van der Waals surface area contributed by atoms with Crippen molar-refractivity contribution in [3.8, 4) is 6.07 Å². The van der Waals surface area contributed by atoms with E-state index >= 15 is 0 Å². The molecule has 1 heterocycles. The first kappa shape index (κ1) is 12.9. The summed E-state index contributed by atoms with van der Waals surface area (Å²) in [6.45, 7) is 1.09. The second-order valence-electron chi connectivity index (χ2n) is 3.23. The highest BCUT2D eigenvalue weighted by Crippen LogP contribution is 2.22. The van der Waals surface area contributed by atoms with E-state index in [1.807, 2.05) is 6.07 Å². The fourth-order valence-corrected chi connectivity index (χ4v) is 1.21. The number of anilines is 1. The number of nitro groups is 1. The monoisotopic (exact) mass is 236 g/mol. The van der Waals surface area contributed by atoms with E-state index in [-0.39, 0.29) is 17.1 Å². The first-order chi connectivity index (χ1) is 8.19. The summed E-state index contributed by atoms with van der Waals surface area (Å²) in [5.74, 6) is 0.171. The van der Waals surface area contributed by atoms with Crippen LogP contribution in [0.25, 0.3) is 0 Å². The Kier molecular flexibility index (Phi) is 4.84. The highest BCUT2D eigenvalue weighted by molar-refractivity contribution is 5.58. The van der Waals surface area contributed by atoms with Gasteiger partial charge in [-0.25, -0.2) is 4.98 Å². The topological polar surface area (TPSA) is 101 Å². The van der Waals surface area contributed by atoms with Crippen LogP contribution >= 0.6 is 0 Å². The number of aromatic nitrogens is 1. The molecule has 0 amide bonds. The SMILES string of the molecule is COCCCNc1ncc(C#N)cc1[N+](=O)[O-]. The number of pyridine rings is 1. The molecular weight excluding hydrogens is 224 g/mol. The lowest BCUT2D eigenvalue weighted by molar-refractivity contribution is -0.384. The van der Waals surface area contributed by atoms with E-state index in [2.05, 4.69) is 10.3 Å². The van der Waals surface area contributed by atoms with Crippen molar-refractivity contribution in [3.05, 3.63) is 27.9 Å². The van der Waals surface area contributed by atoms with Crippen LogP contribution in [0.5, 0.6) is 0 Å². The Hall–Kier alpha value is -2.20. The van der Waals surface area contributed by atoms with Gasteiger partial charge in [0.1, 0.15) is 6.07 Å². The molecule has 0 bridgehead atoms. The first-order valence-corrected chi connectivity index (χ1v) is 4.96. The number of ether oxygens (including phenoxy) is 1. The molecule has 7 heteroatoms. The molecule has 7 nitrogen and oxygen atoms in total. The van der Waals surface area contributed by atoms with E-state index in [1.165, 1.54) is 12.3 Å². The van der Waals surface area contributed by atoms with E-state index in [0.29, 0.717) is 13.2 Å². The zero-order valence-electron chi connectivity index (χ0n) is 9.34. The maximum Gasteiger partial charge on any atom is 0.312 e. The third kappa shape index (κ3) is 3.70. The normalized spacial score (nSPS) is 9.65. The van der Waals surface area contributed by atoms with Crippen LogP contribution in [0.1, 0.15) is 12.0 Å². The molecule has 17 heavy (non-hydrogen) atoms. The van der Waals surface area contributed by atoms with Gasteiger partial charge in [0.2, 0.25) is 5.82 Å². The Bertz CT molecular complexity index is 442. The van der Waals surface area contributed by atoms with Gasteiger partial charge in [-0.2, -0.15) is 5.26 Å². The summed E-state index contributed by atoms with van der Waals surface area (Å²) in [6.07, 6.45) is 2.01. The molecule has 1 aromatic rings. The maximum atomic E-state index is 10.8. The lowest BCUT2D eigenvalue weighted by atomic mass is 10.2. The van der Waals surface area contributed by atoms with Gasteiger partial charge in [-0.1, -0.05) is 0 Å². The quantitative estimate of drug-likeness (QED) is 0.454. The van der Waals surface area contributed by atoms with Gasteiger partial charge in [0, 0.05) is 32.5 Å². The fraction of sp³-hybridized carbons (Fsp3) is 0.400. The third-order valence-electron chi connectivity index (χ3n) is 2.01. The van der Waals surface area contributed by atoms with Crippen LogP contribution in [0.4, 0.5) is 11.5 Å². The molecule has 0 aromatic carbocycles. The molecule has 0 aliphatic heterocycles. The minimum Gasteiger partial charge on any atom is -0.385 e. The van der Waals surface area contributed by atoms with Gasteiger partial charge in [-0.05, 0) is 6.42 Å². The van der Waals surface area contributed by atoms with Gasteiger partial charge in [0.25, 0.3) is 0 Å². The van der Waals surface area contributed by atoms with Gasteiger partial charge >= 0.3 is 5.69 Å². The molecule has 0 radical (unpaired) electrons. The molecule has 0 saturated carbocycles. The summed E-state index contributed by atoms with van der Waals surface area (Å²) in [6, 6.07) is 3.01. The summed E-state index contributed by atoms with van der Waals surface area (Å²) in [5, 5.41) is 22.2. The minimum atomic E-state index is -0.563. The van der Waals surface area contributed by atoms with Crippen LogP contribution in [-0.4, -0.2) is 30.2 Å². The smallest absolute Gasteiger partial charge is 0.312 e. The maximum absolute atomic E-state index is 10.8. The van der Waals surface area contributed by atoms with Gasteiger partial charge in [0.15, 0.2) is 0 Å². The summed E-state index contributed by atoms with van der Waals surface area (Å²) in [4.78, 5) is 14.1. The summed E-state index contributed by atoms with van der Waals surface area (Å²) in [7, 11) is 1.59. The van der Waals surface area contributed by atoms with Crippen molar-refractivity contribution < 1.29 is 9.66 Å². The molecule has 1 N–H and O–H groups in total. The standard InChI is InChI=1S/C10H12N4O3/c1-17-4-2-3-12-10-9(14(15)16)5-8(6-11)7-13-10/h5,7H,2-4H2,1H3,(H,12,13). The highest BCUT2D eigenvalue weighted by Gasteiger charge is 2.15. The summed E-state index contributed by atoms with van der Waals surface area (Å²) < 4.78 is 4.86. The molecule has 0 unspecified atom stereocenters. The van der Waals surface area contributed by atoms with Gasteiger partial charge in [-0.15, -0.1) is 0 Å². The Morgan fingerprint density at radius 3 is 3.06 bits per heavy atom. The predicted octanol–water partition coefficient (Wildman–Crippen LogP) is 1.31. The van der Waals surface area contributed by atoms with Crippen molar-refractivity contribution in [3.63, 3.8) is 0 Å². The lowest BCUT2D eigenvalue weighted by Gasteiger charge is -2.05. The van der Waals surface area contributed by atoms with E-state index in [9.17, 15) is 10.1 Å². The minimum absolute atomic E-state index is 0.166. The number of methoxy groups -OCH3 is 1. The molecule has 0 aliphatic carbocycles. The second-order valence-corrected chi connectivity index (χ2v) is 3.23. The number of nitrogens with zero attached hydrogens (tertiary/aromatic N) is 3. The fourth-order valence-electron chi connectivity index (χ4n) is 1.21. The first-order valence-electron chi connectivity index (χ1n) is 4.96. The Morgan fingerprint density at radius 1 is 1.71 bits per heavy atom. The van der Waals surface area contributed by atoms with Crippen molar-refractivity contribution in [2.24, 2.45) is 0 Å². The number of nitriles is 1. The average molecular weight is 236 g/mol. The van der Waals surface area contributed by atoms with Crippen molar-refractivity contribution in [1.82, 2.24) is 4.98 Å². The van der Waals surface area contributed by atoms with E-state index in [4.69, 9.17) is 10.00 Å². The van der Waals surface area contributed by atoms with Crippen LogP contribution < -0.4 is 5.32 Å². The van der Waals surface area contributed by atoms with Crippen molar-refractivity contribution in [1.29, 1.82) is 5.26 Å². The third-order valence-corrected chi connectivity index (χ3v) is 2.01. The Labute approximate surface area is 98.2 Å². The van der Waals surface area contributed by atoms with Crippen LogP contribution in [0.3, 0.4) is 0 Å². The van der Waals surface area contributed by atoms with Crippen molar-refractivity contribution in [2.45, 2.75) is 6.42 Å². The zero-order valence-corrected chi connectivity index (χ0v) is 9.34. The Balaban J connectivity index is 2.77. The van der Waals surface area contributed by atoms with Crippen LogP contribution in [0.2, 0.25) is 0 Å². The Morgan fingerprint density at radius 2 is 2.47 bits per heavy atom. The summed E-state index contributed by atoms with van der Waals surface area (Å²) in [5.41, 5.74) is -0.0272. The predicted molar refractivity (Wildman–Crippen MR) is 60.6 cm³/mol.